The third-order valence-corrected chi connectivity index (χ3v) is 5.15. The molecule has 1 N–H and O–H groups in total. The van der Waals surface area contributed by atoms with Crippen molar-refractivity contribution in [1.82, 2.24) is 4.90 Å². The van der Waals surface area contributed by atoms with Crippen LogP contribution in [0.3, 0.4) is 0 Å². The van der Waals surface area contributed by atoms with Crippen LogP contribution in [0.4, 0.5) is 11.4 Å². The summed E-state index contributed by atoms with van der Waals surface area (Å²) >= 11 is 0. The lowest BCUT2D eigenvalue weighted by Gasteiger charge is -2.37. The number of ether oxygens (including phenoxy) is 3. The van der Waals surface area contributed by atoms with Crippen LogP contribution in [0.15, 0.2) is 48.5 Å². The summed E-state index contributed by atoms with van der Waals surface area (Å²) in [5.74, 6) is 0.348. The first-order valence-corrected chi connectivity index (χ1v) is 9.26. The molecule has 0 radical (unpaired) electrons. The van der Waals surface area contributed by atoms with E-state index >= 15 is 0 Å². The summed E-state index contributed by atoms with van der Waals surface area (Å²) in [6, 6.07) is 15.2. The van der Waals surface area contributed by atoms with Crippen LogP contribution in [0.25, 0.3) is 0 Å². The number of carbonyl (C=O) groups excluding carboxylic acids is 1. The van der Waals surface area contributed by atoms with Gasteiger partial charge in [0.05, 0.1) is 31.6 Å². The Morgan fingerprint density at radius 1 is 1.04 bits per heavy atom. The second-order valence-corrected chi connectivity index (χ2v) is 6.80. The first kappa shape index (κ1) is 17.8. The fourth-order valence-electron chi connectivity index (χ4n) is 3.61. The van der Waals surface area contributed by atoms with Crippen molar-refractivity contribution in [2.45, 2.75) is 18.6 Å². The van der Waals surface area contributed by atoms with Gasteiger partial charge >= 0.3 is 0 Å². The molecule has 6 nitrogen and oxygen atoms in total. The lowest BCUT2D eigenvalue weighted by molar-refractivity contribution is -0.181. The Labute approximate surface area is 159 Å². The zero-order valence-electron chi connectivity index (χ0n) is 15.4. The number of nitrogens with zero attached hydrogens (tertiary/aromatic N) is 1. The molecule has 142 valence electrons. The normalized spacial score (nSPS) is 18.5. The maximum atomic E-state index is 13.1. The summed E-state index contributed by atoms with van der Waals surface area (Å²) in [6.07, 6.45) is 1.43. The van der Waals surface area contributed by atoms with Gasteiger partial charge in [-0.25, -0.2) is 0 Å². The van der Waals surface area contributed by atoms with Gasteiger partial charge in [0, 0.05) is 31.6 Å². The standard InChI is InChI=1S/C21H24N2O4/c1-25-17-8-6-16(7-9-17)22-19-5-3-2-4-18(19)20(24)23-12-10-21(11-13-23)26-14-15-27-21/h2-9,22H,10-15H2,1H3. The fourth-order valence-corrected chi connectivity index (χ4v) is 3.61. The van der Waals surface area contributed by atoms with Crippen LogP contribution < -0.4 is 10.1 Å². The number of benzene rings is 2. The summed E-state index contributed by atoms with van der Waals surface area (Å²) in [5.41, 5.74) is 2.36. The van der Waals surface area contributed by atoms with Crippen molar-refractivity contribution < 1.29 is 19.0 Å². The van der Waals surface area contributed by atoms with Crippen molar-refractivity contribution in [3.05, 3.63) is 54.1 Å². The third kappa shape index (κ3) is 3.77. The van der Waals surface area contributed by atoms with Crippen molar-refractivity contribution >= 4 is 17.3 Å². The average Bonchev–Trinajstić information content (AvgIpc) is 3.17. The zero-order chi connectivity index (χ0) is 18.7. The van der Waals surface area contributed by atoms with Crippen LogP contribution in [-0.2, 0) is 9.47 Å². The van der Waals surface area contributed by atoms with Gasteiger partial charge in [-0.3, -0.25) is 4.79 Å². The predicted molar refractivity (Wildman–Crippen MR) is 102 cm³/mol. The van der Waals surface area contributed by atoms with Crippen LogP contribution in [-0.4, -0.2) is 50.0 Å². The van der Waals surface area contributed by atoms with Crippen molar-refractivity contribution in [2.24, 2.45) is 0 Å². The minimum Gasteiger partial charge on any atom is -0.497 e. The van der Waals surface area contributed by atoms with Gasteiger partial charge in [-0.2, -0.15) is 0 Å². The Morgan fingerprint density at radius 3 is 2.37 bits per heavy atom. The molecule has 0 atom stereocenters. The molecule has 2 aliphatic rings. The van der Waals surface area contributed by atoms with Gasteiger partial charge < -0.3 is 24.4 Å². The topological polar surface area (TPSA) is 60.0 Å². The number of para-hydroxylation sites is 1. The Morgan fingerprint density at radius 2 is 1.70 bits per heavy atom. The number of rotatable bonds is 4. The number of anilines is 2. The fraction of sp³-hybridized carbons (Fsp3) is 0.381. The van der Waals surface area contributed by atoms with Gasteiger partial charge in [0.2, 0.25) is 0 Å². The molecule has 2 aliphatic heterocycles. The molecule has 2 heterocycles. The lowest BCUT2D eigenvalue weighted by atomic mass is 10.0. The minimum atomic E-state index is -0.475. The second kappa shape index (κ2) is 7.58. The molecule has 6 heteroatoms. The van der Waals surface area contributed by atoms with Crippen LogP contribution in [0.5, 0.6) is 5.75 Å². The molecular formula is C21H24N2O4. The number of hydrogen-bond acceptors (Lipinski definition) is 5. The van der Waals surface area contributed by atoms with Crippen LogP contribution in [0.1, 0.15) is 23.2 Å². The molecule has 2 fully saturated rings. The van der Waals surface area contributed by atoms with E-state index in [0.29, 0.717) is 44.7 Å². The Hall–Kier alpha value is -2.57. The number of hydrogen-bond donors (Lipinski definition) is 1. The molecule has 27 heavy (non-hydrogen) atoms. The van der Waals surface area contributed by atoms with E-state index in [9.17, 15) is 4.79 Å². The maximum Gasteiger partial charge on any atom is 0.255 e. The van der Waals surface area contributed by atoms with Crippen molar-refractivity contribution in [1.29, 1.82) is 0 Å². The van der Waals surface area contributed by atoms with Crippen LogP contribution >= 0.6 is 0 Å². The first-order chi connectivity index (χ1) is 13.2. The smallest absolute Gasteiger partial charge is 0.255 e. The van der Waals surface area contributed by atoms with Gasteiger partial charge in [-0.05, 0) is 36.4 Å². The molecule has 2 aromatic carbocycles. The number of likely N-dealkylation sites (tertiary alicyclic amines) is 1. The van der Waals surface area contributed by atoms with Gasteiger partial charge in [0.15, 0.2) is 5.79 Å². The van der Waals surface area contributed by atoms with Gasteiger partial charge in [0.25, 0.3) is 5.91 Å². The molecule has 0 saturated carbocycles. The van der Waals surface area contributed by atoms with Crippen LogP contribution in [0, 0.1) is 0 Å². The van der Waals surface area contributed by atoms with E-state index in [4.69, 9.17) is 14.2 Å². The number of nitrogens with one attached hydrogen (secondary N) is 1. The molecular weight excluding hydrogens is 344 g/mol. The third-order valence-electron chi connectivity index (χ3n) is 5.15. The van der Waals surface area contributed by atoms with E-state index in [1.165, 1.54) is 0 Å². The highest BCUT2D eigenvalue weighted by Gasteiger charge is 2.41. The highest BCUT2D eigenvalue weighted by molar-refractivity contribution is 6.00. The zero-order valence-corrected chi connectivity index (χ0v) is 15.4. The van der Waals surface area contributed by atoms with E-state index in [-0.39, 0.29) is 5.91 Å². The molecule has 1 spiro atoms. The second-order valence-electron chi connectivity index (χ2n) is 6.80. The average molecular weight is 368 g/mol. The summed E-state index contributed by atoms with van der Waals surface area (Å²) in [4.78, 5) is 15.0. The molecule has 2 saturated heterocycles. The minimum absolute atomic E-state index is 0.0273. The summed E-state index contributed by atoms with van der Waals surface area (Å²) in [7, 11) is 1.64. The Kier molecular flexibility index (Phi) is 5.01. The number of amides is 1. The quantitative estimate of drug-likeness (QED) is 0.896. The molecule has 1 amide bonds. The highest BCUT2D eigenvalue weighted by Crippen LogP contribution is 2.32. The van der Waals surface area contributed by atoms with E-state index in [1.807, 2.05) is 53.4 Å². The van der Waals surface area contributed by atoms with E-state index < -0.39 is 5.79 Å². The van der Waals surface area contributed by atoms with Crippen LogP contribution in [0.2, 0.25) is 0 Å². The van der Waals surface area contributed by atoms with Gasteiger partial charge in [-0.15, -0.1) is 0 Å². The largest absolute Gasteiger partial charge is 0.497 e. The highest BCUT2D eigenvalue weighted by atomic mass is 16.7. The summed E-state index contributed by atoms with van der Waals surface area (Å²) in [5, 5.41) is 3.34. The number of carbonyl (C=O) groups is 1. The first-order valence-electron chi connectivity index (χ1n) is 9.26. The van der Waals surface area contributed by atoms with Crippen molar-refractivity contribution in [2.75, 3.05) is 38.7 Å². The summed E-state index contributed by atoms with van der Waals surface area (Å²) in [6.45, 7) is 2.55. The van der Waals surface area contributed by atoms with E-state index in [1.54, 1.807) is 7.11 Å². The van der Waals surface area contributed by atoms with Crippen molar-refractivity contribution in [3.63, 3.8) is 0 Å². The van der Waals surface area contributed by atoms with Gasteiger partial charge in [-0.1, -0.05) is 12.1 Å². The molecule has 0 bridgehead atoms. The Bertz CT molecular complexity index is 790. The Balaban J connectivity index is 1.47. The summed E-state index contributed by atoms with van der Waals surface area (Å²) < 4.78 is 16.7. The molecule has 0 aromatic heterocycles. The number of methoxy groups -OCH3 is 1. The molecule has 2 aromatic rings. The SMILES string of the molecule is COc1ccc(Nc2ccccc2C(=O)N2CCC3(CC2)OCCO3)cc1. The van der Waals surface area contributed by atoms with Crippen molar-refractivity contribution in [3.8, 4) is 5.75 Å². The monoisotopic (exact) mass is 368 g/mol. The number of piperidine rings is 1. The van der Waals surface area contributed by atoms with E-state index in [2.05, 4.69) is 5.32 Å². The van der Waals surface area contributed by atoms with Gasteiger partial charge in [0.1, 0.15) is 5.75 Å². The predicted octanol–water partition coefficient (Wildman–Crippen LogP) is 3.42. The maximum absolute atomic E-state index is 13.1. The lowest BCUT2D eigenvalue weighted by Crippen LogP contribution is -2.47. The molecule has 0 aliphatic carbocycles. The molecule has 4 rings (SSSR count). The molecule has 0 unspecified atom stereocenters. The van der Waals surface area contributed by atoms with E-state index in [0.717, 1.165) is 17.1 Å².